The topological polar surface area (TPSA) is 41.1 Å². The summed E-state index contributed by atoms with van der Waals surface area (Å²) in [6.45, 7) is 7.06. The first-order chi connectivity index (χ1) is 10.5. The van der Waals surface area contributed by atoms with Crippen LogP contribution in [0.1, 0.15) is 37.3 Å². The van der Waals surface area contributed by atoms with E-state index < -0.39 is 0 Å². The Balaban J connectivity index is 1.86. The summed E-state index contributed by atoms with van der Waals surface area (Å²) in [6, 6.07) is 14.2. The predicted molar refractivity (Wildman–Crippen MR) is 93.2 cm³/mol. The molecule has 0 spiro atoms. The number of nitrogens with one attached hydrogen (secondary N) is 2. The van der Waals surface area contributed by atoms with E-state index in [1.807, 2.05) is 29.6 Å². The summed E-state index contributed by atoms with van der Waals surface area (Å²) < 4.78 is 0. The molecule has 2 aromatic rings. The summed E-state index contributed by atoms with van der Waals surface area (Å²) in [6.07, 6.45) is 0.841. The Morgan fingerprint density at radius 3 is 2.45 bits per heavy atom. The molecule has 1 atom stereocenters. The SMILES string of the molecule is CC(C)(C)[C@H](NC(=O)NCCc1ccccc1)c1cccs1. The first-order valence-electron chi connectivity index (χ1n) is 7.58. The van der Waals surface area contributed by atoms with Crippen molar-refractivity contribution in [3.63, 3.8) is 0 Å². The zero-order valence-electron chi connectivity index (χ0n) is 13.4. The van der Waals surface area contributed by atoms with Crippen molar-refractivity contribution in [2.45, 2.75) is 33.2 Å². The van der Waals surface area contributed by atoms with Crippen molar-refractivity contribution in [1.82, 2.24) is 10.6 Å². The molecule has 22 heavy (non-hydrogen) atoms. The largest absolute Gasteiger partial charge is 0.338 e. The second-order valence-electron chi connectivity index (χ2n) is 6.45. The first kappa shape index (κ1) is 16.6. The highest BCUT2D eigenvalue weighted by Crippen LogP contribution is 2.34. The maximum Gasteiger partial charge on any atom is 0.315 e. The highest BCUT2D eigenvalue weighted by molar-refractivity contribution is 7.10. The van der Waals surface area contributed by atoms with E-state index in [0.29, 0.717) is 6.54 Å². The molecule has 0 bridgehead atoms. The number of thiophene rings is 1. The Kier molecular flexibility index (Phi) is 5.61. The Morgan fingerprint density at radius 2 is 1.86 bits per heavy atom. The summed E-state index contributed by atoms with van der Waals surface area (Å²) in [5, 5.41) is 8.10. The average molecular weight is 316 g/mol. The molecule has 1 aromatic heterocycles. The van der Waals surface area contributed by atoms with Gasteiger partial charge < -0.3 is 10.6 Å². The number of urea groups is 1. The monoisotopic (exact) mass is 316 g/mol. The van der Waals surface area contributed by atoms with E-state index in [2.05, 4.69) is 49.6 Å². The molecule has 0 aliphatic rings. The van der Waals surface area contributed by atoms with Gasteiger partial charge in [-0.1, -0.05) is 57.2 Å². The molecule has 0 fully saturated rings. The third-order valence-corrected chi connectivity index (χ3v) is 4.45. The molecule has 1 aromatic carbocycles. The van der Waals surface area contributed by atoms with Gasteiger partial charge in [-0.3, -0.25) is 0 Å². The molecular formula is C18H24N2OS. The van der Waals surface area contributed by atoms with Crippen LogP contribution in [0.4, 0.5) is 4.79 Å². The smallest absolute Gasteiger partial charge is 0.315 e. The molecule has 3 nitrogen and oxygen atoms in total. The van der Waals surface area contributed by atoms with Crippen molar-refractivity contribution in [2.75, 3.05) is 6.54 Å². The van der Waals surface area contributed by atoms with Crippen LogP contribution < -0.4 is 10.6 Å². The molecule has 2 rings (SSSR count). The molecule has 0 saturated heterocycles. The van der Waals surface area contributed by atoms with Crippen molar-refractivity contribution >= 4 is 17.4 Å². The summed E-state index contributed by atoms with van der Waals surface area (Å²) >= 11 is 1.68. The van der Waals surface area contributed by atoms with Crippen LogP contribution in [-0.4, -0.2) is 12.6 Å². The van der Waals surface area contributed by atoms with Gasteiger partial charge in [0.05, 0.1) is 6.04 Å². The lowest BCUT2D eigenvalue weighted by Gasteiger charge is -2.30. The number of carbonyl (C=O) groups excluding carboxylic acids is 1. The number of hydrogen-bond donors (Lipinski definition) is 2. The highest BCUT2D eigenvalue weighted by atomic mass is 32.1. The number of rotatable bonds is 5. The van der Waals surface area contributed by atoms with Gasteiger partial charge in [-0.05, 0) is 28.8 Å². The second kappa shape index (κ2) is 7.45. The van der Waals surface area contributed by atoms with E-state index in [1.165, 1.54) is 10.4 Å². The molecule has 0 aliphatic carbocycles. The first-order valence-corrected chi connectivity index (χ1v) is 8.46. The van der Waals surface area contributed by atoms with Crippen molar-refractivity contribution in [3.8, 4) is 0 Å². The maximum atomic E-state index is 12.2. The van der Waals surface area contributed by atoms with Gasteiger partial charge in [-0.15, -0.1) is 11.3 Å². The van der Waals surface area contributed by atoms with Gasteiger partial charge in [0.2, 0.25) is 0 Å². The summed E-state index contributed by atoms with van der Waals surface area (Å²) in [5.41, 5.74) is 1.20. The van der Waals surface area contributed by atoms with E-state index in [4.69, 9.17) is 0 Å². The minimum atomic E-state index is -0.107. The summed E-state index contributed by atoms with van der Waals surface area (Å²) in [7, 11) is 0. The second-order valence-corrected chi connectivity index (χ2v) is 7.43. The van der Waals surface area contributed by atoms with Gasteiger partial charge in [-0.25, -0.2) is 4.79 Å². The Labute approximate surface area is 136 Å². The molecule has 4 heteroatoms. The molecule has 0 unspecified atom stereocenters. The van der Waals surface area contributed by atoms with Crippen LogP contribution >= 0.6 is 11.3 Å². The van der Waals surface area contributed by atoms with Gasteiger partial charge in [0.25, 0.3) is 0 Å². The van der Waals surface area contributed by atoms with Crippen molar-refractivity contribution in [1.29, 1.82) is 0 Å². The zero-order valence-corrected chi connectivity index (χ0v) is 14.2. The fourth-order valence-electron chi connectivity index (χ4n) is 2.32. The van der Waals surface area contributed by atoms with Gasteiger partial charge in [-0.2, -0.15) is 0 Å². The maximum absolute atomic E-state index is 12.2. The molecule has 118 valence electrons. The number of carbonyl (C=O) groups is 1. The number of hydrogen-bond acceptors (Lipinski definition) is 2. The molecule has 0 radical (unpaired) electrons. The standard InChI is InChI=1S/C18H24N2OS/c1-18(2,3)16(15-10-7-13-22-15)20-17(21)19-12-11-14-8-5-4-6-9-14/h4-10,13,16H,11-12H2,1-3H3,(H2,19,20,21)/t16-/m1/s1. The summed E-state index contributed by atoms with van der Waals surface area (Å²) in [5.74, 6) is 0. The normalized spacial score (nSPS) is 12.7. The van der Waals surface area contributed by atoms with Gasteiger partial charge in [0.1, 0.15) is 0 Å². The lowest BCUT2D eigenvalue weighted by atomic mass is 9.86. The summed E-state index contributed by atoms with van der Waals surface area (Å²) in [4.78, 5) is 13.4. The third kappa shape index (κ3) is 4.88. The van der Waals surface area contributed by atoms with Crippen LogP contribution in [0.2, 0.25) is 0 Å². The third-order valence-electron chi connectivity index (χ3n) is 3.51. The quantitative estimate of drug-likeness (QED) is 0.844. The van der Waals surface area contributed by atoms with Crippen LogP contribution in [0.5, 0.6) is 0 Å². The molecular weight excluding hydrogens is 292 g/mol. The average Bonchev–Trinajstić information content (AvgIpc) is 2.98. The molecule has 1 heterocycles. The van der Waals surface area contributed by atoms with Crippen LogP contribution in [0.15, 0.2) is 47.8 Å². The fraction of sp³-hybridized carbons (Fsp3) is 0.389. The fourth-order valence-corrected chi connectivity index (χ4v) is 3.34. The highest BCUT2D eigenvalue weighted by Gasteiger charge is 2.28. The van der Waals surface area contributed by atoms with Crippen LogP contribution in [0.25, 0.3) is 0 Å². The minimum Gasteiger partial charge on any atom is -0.338 e. The number of benzene rings is 1. The van der Waals surface area contributed by atoms with E-state index in [9.17, 15) is 4.79 Å². The van der Waals surface area contributed by atoms with E-state index in [0.717, 1.165) is 6.42 Å². The van der Waals surface area contributed by atoms with E-state index in [1.54, 1.807) is 11.3 Å². The van der Waals surface area contributed by atoms with E-state index in [-0.39, 0.29) is 17.5 Å². The van der Waals surface area contributed by atoms with Crippen LogP contribution in [0, 0.1) is 5.41 Å². The van der Waals surface area contributed by atoms with E-state index >= 15 is 0 Å². The van der Waals surface area contributed by atoms with Gasteiger partial charge in [0, 0.05) is 11.4 Å². The Bertz CT molecular complexity index is 573. The number of amides is 2. The van der Waals surface area contributed by atoms with Gasteiger partial charge >= 0.3 is 6.03 Å². The molecule has 0 aliphatic heterocycles. The Morgan fingerprint density at radius 1 is 1.14 bits per heavy atom. The lowest BCUT2D eigenvalue weighted by Crippen LogP contribution is -2.42. The van der Waals surface area contributed by atoms with Gasteiger partial charge in [0.15, 0.2) is 0 Å². The minimum absolute atomic E-state index is 0.0178. The molecule has 0 saturated carbocycles. The lowest BCUT2D eigenvalue weighted by molar-refractivity contribution is 0.219. The molecule has 2 N–H and O–H groups in total. The van der Waals surface area contributed by atoms with Crippen molar-refractivity contribution < 1.29 is 4.79 Å². The van der Waals surface area contributed by atoms with Crippen LogP contribution in [0.3, 0.4) is 0 Å². The molecule has 2 amide bonds. The van der Waals surface area contributed by atoms with Crippen molar-refractivity contribution in [2.24, 2.45) is 5.41 Å². The Hall–Kier alpha value is -1.81. The van der Waals surface area contributed by atoms with Crippen LogP contribution in [-0.2, 0) is 6.42 Å². The van der Waals surface area contributed by atoms with Crippen molar-refractivity contribution in [3.05, 3.63) is 58.3 Å². The zero-order chi connectivity index (χ0) is 16.0. The predicted octanol–water partition coefficient (Wildman–Crippen LogP) is 4.38.